The number of hydrogen-bond acceptors (Lipinski definition) is 3. The molecule has 0 spiro atoms. The molecule has 1 aliphatic carbocycles. The molecular formula is C12H26N2O. The Morgan fingerprint density at radius 1 is 1.40 bits per heavy atom. The van der Waals surface area contributed by atoms with E-state index in [1.807, 2.05) is 0 Å². The van der Waals surface area contributed by atoms with Gasteiger partial charge in [0.2, 0.25) is 0 Å². The Labute approximate surface area is 94.2 Å². The first kappa shape index (κ1) is 12.9. The highest BCUT2D eigenvalue weighted by Gasteiger charge is 2.23. The molecular weight excluding hydrogens is 188 g/mol. The minimum atomic E-state index is 0.473. The zero-order valence-electron chi connectivity index (χ0n) is 10.6. The van der Waals surface area contributed by atoms with Crippen molar-refractivity contribution in [2.75, 3.05) is 27.8 Å². The van der Waals surface area contributed by atoms with Gasteiger partial charge in [0.1, 0.15) is 0 Å². The van der Waals surface area contributed by atoms with Gasteiger partial charge in [0.25, 0.3) is 0 Å². The Bertz CT molecular complexity index is 173. The number of hydrogen-bond donors (Lipinski definition) is 1. The maximum Gasteiger partial charge on any atom is 0.0613 e. The summed E-state index contributed by atoms with van der Waals surface area (Å²) in [6.45, 7) is 3.01. The maximum atomic E-state index is 5.15. The molecule has 3 heteroatoms. The minimum Gasteiger partial charge on any atom is -0.383 e. The van der Waals surface area contributed by atoms with Crippen LogP contribution in [0.4, 0.5) is 0 Å². The van der Waals surface area contributed by atoms with Gasteiger partial charge in [0.15, 0.2) is 0 Å². The Morgan fingerprint density at radius 3 is 2.73 bits per heavy atom. The van der Waals surface area contributed by atoms with Crippen molar-refractivity contribution < 1.29 is 4.74 Å². The van der Waals surface area contributed by atoms with E-state index in [0.717, 1.165) is 12.6 Å². The van der Waals surface area contributed by atoms with Crippen LogP contribution in [0.1, 0.15) is 32.6 Å². The standard InChI is InChI=1S/C12H26N2O/c1-10(9-15-4)13-11-6-5-7-12(8-11)14(2)3/h10-13H,5-9H2,1-4H3. The van der Waals surface area contributed by atoms with Crippen LogP contribution in [0, 0.1) is 0 Å². The average molecular weight is 214 g/mol. The fraction of sp³-hybridized carbons (Fsp3) is 1.00. The third-order valence-corrected chi connectivity index (χ3v) is 3.31. The lowest BCUT2D eigenvalue weighted by atomic mass is 9.90. The molecule has 3 atom stereocenters. The number of ether oxygens (including phenoxy) is 1. The predicted octanol–water partition coefficient (Wildman–Crippen LogP) is 1.48. The van der Waals surface area contributed by atoms with Crippen molar-refractivity contribution in [3.63, 3.8) is 0 Å². The summed E-state index contributed by atoms with van der Waals surface area (Å²) >= 11 is 0. The van der Waals surface area contributed by atoms with E-state index in [-0.39, 0.29) is 0 Å². The molecule has 90 valence electrons. The molecule has 15 heavy (non-hydrogen) atoms. The molecule has 1 saturated carbocycles. The topological polar surface area (TPSA) is 24.5 Å². The fourth-order valence-electron chi connectivity index (χ4n) is 2.48. The number of nitrogens with one attached hydrogen (secondary N) is 1. The summed E-state index contributed by atoms with van der Waals surface area (Å²) in [5, 5.41) is 3.65. The molecule has 0 heterocycles. The lowest BCUT2D eigenvalue weighted by molar-refractivity contribution is 0.147. The molecule has 1 N–H and O–H groups in total. The van der Waals surface area contributed by atoms with Crippen molar-refractivity contribution in [2.45, 2.75) is 50.7 Å². The highest BCUT2D eigenvalue weighted by Crippen LogP contribution is 2.21. The van der Waals surface area contributed by atoms with E-state index >= 15 is 0 Å². The van der Waals surface area contributed by atoms with Gasteiger partial charge in [-0.15, -0.1) is 0 Å². The van der Waals surface area contributed by atoms with Crippen LogP contribution in [-0.4, -0.2) is 50.8 Å². The molecule has 0 amide bonds. The molecule has 3 unspecified atom stereocenters. The molecule has 0 aromatic heterocycles. The summed E-state index contributed by atoms with van der Waals surface area (Å²) in [5.41, 5.74) is 0. The van der Waals surface area contributed by atoms with Crippen LogP contribution in [0.2, 0.25) is 0 Å². The first-order chi connectivity index (χ1) is 7.13. The van der Waals surface area contributed by atoms with Gasteiger partial charge in [0.05, 0.1) is 6.61 Å². The van der Waals surface area contributed by atoms with Gasteiger partial charge in [0, 0.05) is 25.2 Å². The molecule has 1 aliphatic rings. The van der Waals surface area contributed by atoms with Crippen molar-refractivity contribution in [1.82, 2.24) is 10.2 Å². The van der Waals surface area contributed by atoms with E-state index in [1.54, 1.807) is 7.11 Å². The fourth-order valence-corrected chi connectivity index (χ4v) is 2.48. The van der Waals surface area contributed by atoms with Gasteiger partial charge >= 0.3 is 0 Å². The average Bonchev–Trinajstić information content (AvgIpc) is 2.18. The number of methoxy groups -OCH3 is 1. The summed E-state index contributed by atoms with van der Waals surface area (Å²) in [4.78, 5) is 2.36. The van der Waals surface area contributed by atoms with E-state index in [0.29, 0.717) is 12.1 Å². The van der Waals surface area contributed by atoms with Gasteiger partial charge in [-0.3, -0.25) is 0 Å². The molecule has 3 nitrogen and oxygen atoms in total. The van der Waals surface area contributed by atoms with E-state index in [1.165, 1.54) is 25.7 Å². The maximum absolute atomic E-state index is 5.15. The van der Waals surface area contributed by atoms with E-state index < -0.39 is 0 Å². The van der Waals surface area contributed by atoms with Crippen molar-refractivity contribution in [3.8, 4) is 0 Å². The van der Waals surface area contributed by atoms with E-state index in [9.17, 15) is 0 Å². The second-order valence-electron chi connectivity index (χ2n) is 5.00. The highest BCUT2D eigenvalue weighted by atomic mass is 16.5. The molecule has 0 aromatic rings. The zero-order valence-corrected chi connectivity index (χ0v) is 10.6. The molecule has 0 aliphatic heterocycles. The SMILES string of the molecule is COCC(C)NC1CCCC(N(C)C)C1. The Kier molecular flexibility index (Phi) is 5.58. The van der Waals surface area contributed by atoms with Crippen molar-refractivity contribution in [3.05, 3.63) is 0 Å². The lowest BCUT2D eigenvalue weighted by Gasteiger charge is -2.35. The van der Waals surface area contributed by atoms with Crippen molar-refractivity contribution >= 4 is 0 Å². The van der Waals surface area contributed by atoms with Crippen LogP contribution >= 0.6 is 0 Å². The quantitative estimate of drug-likeness (QED) is 0.750. The zero-order chi connectivity index (χ0) is 11.3. The van der Waals surface area contributed by atoms with Crippen LogP contribution in [0.25, 0.3) is 0 Å². The Hall–Kier alpha value is -0.120. The lowest BCUT2D eigenvalue weighted by Crippen LogP contribution is -2.45. The van der Waals surface area contributed by atoms with Crippen LogP contribution in [0.5, 0.6) is 0 Å². The van der Waals surface area contributed by atoms with Gasteiger partial charge in [-0.25, -0.2) is 0 Å². The summed E-state index contributed by atoms with van der Waals surface area (Å²) in [6, 6.07) is 1.91. The number of rotatable bonds is 5. The van der Waals surface area contributed by atoms with Crippen molar-refractivity contribution in [2.24, 2.45) is 0 Å². The molecule has 0 radical (unpaired) electrons. The molecule has 0 saturated heterocycles. The molecule has 0 bridgehead atoms. The van der Waals surface area contributed by atoms with Crippen LogP contribution < -0.4 is 5.32 Å². The van der Waals surface area contributed by atoms with Gasteiger partial charge in [-0.2, -0.15) is 0 Å². The minimum absolute atomic E-state index is 0.473. The van der Waals surface area contributed by atoms with E-state index in [2.05, 4.69) is 31.2 Å². The largest absolute Gasteiger partial charge is 0.383 e. The second-order valence-corrected chi connectivity index (χ2v) is 5.00. The van der Waals surface area contributed by atoms with Crippen LogP contribution in [0.15, 0.2) is 0 Å². The van der Waals surface area contributed by atoms with E-state index in [4.69, 9.17) is 4.74 Å². The highest BCUT2D eigenvalue weighted by molar-refractivity contribution is 4.83. The third kappa shape index (κ3) is 4.49. The van der Waals surface area contributed by atoms with Crippen molar-refractivity contribution in [1.29, 1.82) is 0 Å². The first-order valence-electron chi connectivity index (χ1n) is 6.05. The van der Waals surface area contributed by atoms with Gasteiger partial charge < -0.3 is 15.0 Å². The molecule has 0 aromatic carbocycles. The summed E-state index contributed by atoms with van der Waals surface area (Å²) in [6.07, 6.45) is 5.30. The first-order valence-corrected chi connectivity index (χ1v) is 6.05. The number of nitrogens with zero attached hydrogens (tertiary/aromatic N) is 1. The summed E-state index contributed by atoms with van der Waals surface area (Å²) < 4.78 is 5.15. The van der Waals surface area contributed by atoms with Crippen LogP contribution in [0.3, 0.4) is 0 Å². The molecule has 1 rings (SSSR count). The Balaban J connectivity index is 2.29. The van der Waals surface area contributed by atoms with Crippen LogP contribution in [-0.2, 0) is 4.74 Å². The second kappa shape index (κ2) is 6.46. The van der Waals surface area contributed by atoms with Gasteiger partial charge in [-0.1, -0.05) is 6.42 Å². The van der Waals surface area contributed by atoms with Gasteiger partial charge in [-0.05, 0) is 40.3 Å². The normalized spacial score (nSPS) is 29.4. The summed E-state index contributed by atoms with van der Waals surface area (Å²) in [5.74, 6) is 0. The Morgan fingerprint density at radius 2 is 2.13 bits per heavy atom. The predicted molar refractivity (Wildman–Crippen MR) is 64.2 cm³/mol. The molecule has 1 fully saturated rings. The monoisotopic (exact) mass is 214 g/mol. The smallest absolute Gasteiger partial charge is 0.0613 e. The third-order valence-electron chi connectivity index (χ3n) is 3.31. The summed E-state index contributed by atoms with van der Waals surface area (Å²) in [7, 11) is 6.14.